The lowest BCUT2D eigenvalue weighted by Gasteiger charge is -2.40. The number of carbonyl (C=O) groups excluding carboxylic acids is 1. The minimum atomic E-state index is -1.61. The largest absolute Gasteiger partial charge is 0.460 e. The van der Waals surface area contributed by atoms with Crippen LogP contribution in [0.5, 0.6) is 0 Å². The molecule has 1 aromatic carbocycles. The third-order valence-electron chi connectivity index (χ3n) is 4.00. The summed E-state index contributed by atoms with van der Waals surface area (Å²) in [6, 6.07) is 9.10. The van der Waals surface area contributed by atoms with Crippen molar-refractivity contribution in [3.63, 3.8) is 0 Å². The third-order valence-corrected chi connectivity index (χ3v) is 4.00. The van der Waals surface area contributed by atoms with Crippen LogP contribution in [0.25, 0.3) is 6.08 Å². The molecule has 1 saturated heterocycles. The number of ether oxygens (including phenoxy) is 3. The molecule has 0 saturated carbocycles. The Bertz CT molecular complexity index is 604. The van der Waals surface area contributed by atoms with E-state index in [1.807, 2.05) is 30.3 Å². The van der Waals surface area contributed by atoms with Gasteiger partial charge in [-0.25, -0.2) is 4.79 Å². The van der Waals surface area contributed by atoms with Crippen LogP contribution in [0, 0.1) is 0 Å². The molecule has 6 atom stereocenters. The Labute approximate surface area is 156 Å². The molecule has 1 aliphatic rings. The highest BCUT2D eigenvalue weighted by molar-refractivity contribution is 5.87. The van der Waals surface area contributed by atoms with Crippen molar-refractivity contribution < 1.29 is 44.5 Å². The van der Waals surface area contributed by atoms with E-state index in [9.17, 15) is 25.2 Å². The predicted molar refractivity (Wildman–Crippen MR) is 92.2 cm³/mol. The molecule has 150 valence electrons. The molecule has 1 heterocycles. The Morgan fingerprint density at radius 1 is 1.11 bits per heavy atom. The van der Waals surface area contributed by atoms with Crippen molar-refractivity contribution in [2.45, 2.75) is 36.8 Å². The smallest absolute Gasteiger partial charge is 0.330 e. The zero-order valence-corrected chi connectivity index (χ0v) is 14.5. The first-order valence-electron chi connectivity index (χ1n) is 8.43. The molecule has 9 nitrogen and oxygen atoms in total. The summed E-state index contributed by atoms with van der Waals surface area (Å²) in [5.74, 6) is -0.658. The quantitative estimate of drug-likeness (QED) is 0.265. The second-order valence-corrected chi connectivity index (χ2v) is 6.01. The molecule has 0 spiro atoms. The second-order valence-electron chi connectivity index (χ2n) is 6.01. The van der Waals surface area contributed by atoms with Crippen molar-refractivity contribution in [1.82, 2.24) is 0 Å². The van der Waals surface area contributed by atoms with Gasteiger partial charge in [0.15, 0.2) is 6.29 Å². The van der Waals surface area contributed by atoms with Gasteiger partial charge in [0.1, 0.15) is 37.1 Å². The van der Waals surface area contributed by atoms with Crippen molar-refractivity contribution in [2.75, 3.05) is 19.8 Å². The number of rotatable bonds is 8. The number of aliphatic hydroxyl groups is 5. The lowest BCUT2D eigenvalue weighted by Crippen LogP contribution is -2.60. The van der Waals surface area contributed by atoms with Gasteiger partial charge in [0.25, 0.3) is 0 Å². The Morgan fingerprint density at radius 3 is 2.44 bits per heavy atom. The van der Waals surface area contributed by atoms with Crippen molar-refractivity contribution in [3.8, 4) is 0 Å². The predicted octanol–water partition coefficient (Wildman–Crippen LogP) is -1.58. The molecule has 0 radical (unpaired) electrons. The fourth-order valence-corrected chi connectivity index (χ4v) is 2.46. The summed E-state index contributed by atoms with van der Waals surface area (Å²) in [6.07, 6.45) is -5.53. The molecule has 0 amide bonds. The first-order valence-corrected chi connectivity index (χ1v) is 8.43. The standard InChI is InChI=1S/C18H24O9/c19-8-12(10-25-14(21)7-6-11-4-2-1-3-5-11)26-18-17(24)16(23)15(22)13(9-20)27-18/h1-7,12-13,15-20,22-24H,8-10H2/t12-,13+,15+,16-,17+,18+/m0/s1. The van der Waals surface area contributed by atoms with Gasteiger partial charge in [-0.3, -0.25) is 0 Å². The molecule has 0 unspecified atom stereocenters. The Kier molecular flexibility index (Phi) is 8.32. The first kappa shape index (κ1) is 21.5. The van der Waals surface area contributed by atoms with Gasteiger partial charge in [-0.2, -0.15) is 0 Å². The van der Waals surface area contributed by atoms with Gasteiger partial charge in [-0.05, 0) is 11.6 Å². The fourth-order valence-electron chi connectivity index (χ4n) is 2.46. The SMILES string of the molecule is O=C(C=Cc1ccccc1)OC[C@H](CO)O[C@@H]1O[C@H](CO)[C@@H](O)[C@H](O)[C@H]1O. The molecular weight excluding hydrogens is 360 g/mol. The average molecular weight is 384 g/mol. The van der Waals surface area contributed by atoms with Crippen LogP contribution < -0.4 is 0 Å². The Balaban J connectivity index is 1.85. The summed E-state index contributed by atoms with van der Waals surface area (Å²) in [7, 11) is 0. The number of carbonyl (C=O) groups is 1. The Hall–Kier alpha value is -1.85. The lowest BCUT2D eigenvalue weighted by atomic mass is 9.99. The van der Waals surface area contributed by atoms with Crippen LogP contribution in [0.3, 0.4) is 0 Å². The summed E-state index contributed by atoms with van der Waals surface area (Å²) >= 11 is 0. The van der Waals surface area contributed by atoms with Gasteiger partial charge in [-0.1, -0.05) is 30.3 Å². The van der Waals surface area contributed by atoms with E-state index in [4.69, 9.17) is 19.3 Å². The van der Waals surface area contributed by atoms with Crippen LogP contribution in [0.15, 0.2) is 36.4 Å². The molecule has 5 N–H and O–H groups in total. The van der Waals surface area contributed by atoms with E-state index in [2.05, 4.69) is 0 Å². The molecule has 9 heteroatoms. The van der Waals surface area contributed by atoms with E-state index in [1.54, 1.807) is 6.08 Å². The summed E-state index contributed by atoms with van der Waals surface area (Å²) < 4.78 is 15.5. The molecule has 0 aromatic heterocycles. The van der Waals surface area contributed by atoms with Crippen LogP contribution >= 0.6 is 0 Å². The van der Waals surface area contributed by atoms with Crippen LogP contribution in [0.4, 0.5) is 0 Å². The normalized spacial score (nSPS) is 29.6. The molecule has 1 fully saturated rings. The van der Waals surface area contributed by atoms with Crippen molar-refractivity contribution in [1.29, 1.82) is 0 Å². The molecule has 2 rings (SSSR count). The highest BCUT2D eigenvalue weighted by atomic mass is 16.7. The van der Waals surface area contributed by atoms with Crippen molar-refractivity contribution in [3.05, 3.63) is 42.0 Å². The lowest BCUT2D eigenvalue weighted by molar-refractivity contribution is -0.315. The zero-order valence-electron chi connectivity index (χ0n) is 14.5. The summed E-state index contributed by atoms with van der Waals surface area (Å²) in [5.41, 5.74) is 0.811. The van der Waals surface area contributed by atoms with Gasteiger partial charge in [0, 0.05) is 6.08 Å². The fraction of sp³-hybridized carbons (Fsp3) is 0.500. The van der Waals surface area contributed by atoms with Gasteiger partial charge < -0.3 is 39.7 Å². The van der Waals surface area contributed by atoms with Crippen molar-refractivity contribution in [2.24, 2.45) is 0 Å². The number of hydrogen-bond acceptors (Lipinski definition) is 9. The monoisotopic (exact) mass is 384 g/mol. The second kappa shape index (κ2) is 10.5. The summed E-state index contributed by atoms with van der Waals surface area (Å²) in [6.45, 7) is -1.48. The molecule has 27 heavy (non-hydrogen) atoms. The number of aliphatic hydroxyl groups excluding tert-OH is 5. The van der Waals surface area contributed by atoms with E-state index in [0.29, 0.717) is 0 Å². The van der Waals surface area contributed by atoms with Crippen molar-refractivity contribution >= 4 is 12.0 Å². The minimum absolute atomic E-state index is 0.330. The number of esters is 1. The average Bonchev–Trinajstić information content (AvgIpc) is 2.70. The topological polar surface area (TPSA) is 146 Å². The summed E-state index contributed by atoms with van der Waals surface area (Å²) in [4.78, 5) is 11.8. The summed E-state index contributed by atoms with van der Waals surface area (Å²) in [5, 5.41) is 47.9. The van der Waals surface area contributed by atoms with Crippen LogP contribution in [-0.4, -0.2) is 88.1 Å². The van der Waals surface area contributed by atoms with Gasteiger partial charge >= 0.3 is 5.97 Å². The highest BCUT2D eigenvalue weighted by Gasteiger charge is 2.44. The van der Waals surface area contributed by atoms with Gasteiger partial charge in [0.2, 0.25) is 0 Å². The minimum Gasteiger partial charge on any atom is -0.460 e. The van der Waals surface area contributed by atoms with Gasteiger partial charge in [0.05, 0.1) is 13.2 Å². The maximum Gasteiger partial charge on any atom is 0.330 e. The molecular formula is C18H24O9. The van der Waals surface area contributed by atoms with Gasteiger partial charge in [-0.15, -0.1) is 0 Å². The van der Waals surface area contributed by atoms with Crippen LogP contribution in [-0.2, 0) is 19.0 Å². The first-order chi connectivity index (χ1) is 13.0. The highest BCUT2D eigenvalue weighted by Crippen LogP contribution is 2.23. The molecule has 1 aromatic rings. The van der Waals surface area contributed by atoms with E-state index in [0.717, 1.165) is 5.56 Å². The van der Waals surface area contributed by atoms with E-state index >= 15 is 0 Å². The van der Waals surface area contributed by atoms with Crippen LogP contribution in [0.1, 0.15) is 5.56 Å². The van der Waals surface area contributed by atoms with E-state index in [1.165, 1.54) is 6.08 Å². The molecule has 0 bridgehead atoms. The number of hydrogen-bond donors (Lipinski definition) is 5. The molecule has 1 aliphatic heterocycles. The number of benzene rings is 1. The maximum absolute atomic E-state index is 11.8. The van der Waals surface area contributed by atoms with Crippen LogP contribution in [0.2, 0.25) is 0 Å². The molecule has 0 aliphatic carbocycles. The maximum atomic E-state index is 11.8. The van der Waals surface area contributed by atoms with E-state index in [-0.39, 0.29) is 6.61 Å². The third kappa shape index (κ3) is 6.08. The Morgan fingerprint density at radius 2 is 1.81 bits per heavy atom. The zero-order chi connectivity index (χ0) is 19.8. The van der Waals surface area contributed by atoms with E-state index < -0.39 is 56.0 Å².